The van der Waals surface area contributed by atoms with Crippen molar-refractivity contribution in [2.45, 2.75) is 12.2 Å². The first-order chi connectivity index (χ1) is 17.6. The molecule has 1 heterocycles. The van der Waals surface area contributed by atoms with E-state index in [-0.39, 0.29) is 22.9 Å². The van der Waals surface area contributed by atoms with Gasteiger partial charge in [0.1, 0.15) is 11.5 Å². The number of ether oxygens (including phenoxy) is 1. The van der Waals surface area contributed by atoms with Gasteiger partial charge in [-0.25, -0.2) is 10.2 Å². The van der Waals surface area contributed by atoms with E-state index in [9.17, 15) is 9.59 Å². The fourth-order valence-corrected chi connectivity index (χ4v) is 5.36. The predicted molar refractivity (Wildman–Crippen MR) is 142 cm³/mol. The molecule has 1 N–H and O–H groups in total. The van der Waals surface area contributed by atoms with Gasteiger partial charge in [-0.05, 0) is 53.4 Å². The smallest absolute Gasteiger partial charge is 0.338 e. The molecule has 0 bridgehead atoms. The number of hydrazone groups is 1. The number of benzene rings is 3. The van der Waals surface area contributed by atoms with Gasteiger partial charge in [-0.15, -0.1) is 11.8 Å². The van der Waals surface area contributed by atoms with E-state index in [0.29, 0.717) is 23.7 Å². The highest BCUT2D eigenvalue weighted by Gasteiger charge is 2.28. The molecule has 4 aromatic rings. The molecule has 1 aliphatic carbocycles. The molecule has 180 valence electrons. The number of fused-ring (bicyclic) bond motifs is 3. The summed E-state index contributed by atoms with van der Waals surface area (Å²) in [5.41, 5.74) is 8.82. The molecule has 0 radical (unpaired) electrons. The Morgan fingerprint density at radius 2 is 1.61 bits per heavy atom. The van der Waals surface area contributed by atoms with Crippen LogP contribution in [0.15, 0.2) is 94.4 Å². The molecule has 0 spiro atoms. The Balaban J connectivity index is 1.16. The molecule has 1 aromatic heterocycles. The lowest BCUT2D eigenvalue weighted by molar-refractivity contribution is -0.118. The average Bonchev–Trinajstić information content (AvgIpc) is 3.51. The number of furan rings is 1. The van der Waals surface area contributed by atoms with E-state index in [2.05, 4.69) is 34.8 Å². The summed E-state index contributed by atoms with van der Waals surface area (Å²) < 4.78 is 10.8. The number of hydrogen-bond donors (Lipinski definition) is 1. The summed E-state index contributed by atoms with van der Waals surface area (Å²) in [6.07, 6.45) is 1.47. The van der Waals surface area contributed by atoms with Gasteiger partial charge in [0.05, 0.1) is 29.4 Å². The molecule has 0 atom stereocenters. The molecule has 0 fully saturated rings. The van der Waals surface area contributed by atoms with Crippen molar-refractivity contribution in [1.29, 1.82) is 0 Å². The van der Waals surface area contributed by atoms with Crippen LogP contribution in [-0.4, -0.2) is 30.5 Å². The fourth-order valence-electron chi connectivity index (χ4n) is 4.21. The van der Waals surface area contributed by atoms with Crippen molar-refractivity contribution in [1.82, 2.24) is 5.43 Å². The number of hydrogen-bond acceptors (Lipinski definition) is 6. The van der Waals surface area contributed by atoms with Crippen LogP contribution in [0, 0.1) is 0 Å². The van der Waals surface area contributed by atoms with E-state index >= 15 is 0 Å². The van der Waals surface area contributed by atoms with Gasteiger partial charge < -0.3 is 9.15 Å². The molecule has 3 aromatic carbocycles. The lowest BCUT2D eigenvalue weighted by Crippen LogP contribution is -2.20. The van der Waals surface area contributed by atoms with Gasteiger partial charge in [0.25, 0.3) is 0 Å². The predicted octanol–water partition coefficient (Wildman–Crippen LogP) is 6.08. The third-order valence-corrected chi connectivity index (χ3v) is 7.12. The Morgan fingerprint density at radius 1 is 0.944 bits per heavy atom. The summed E-state index contributed by atoms with van der Waals surface area (Å²) in [5, 5.41) is 4.17. The minimum Gasteiger partial charge on any atom is -0.462 e. The van der Waals surface area contributed by atoms with E-state index in [1.807, 2.05) is 30.3 Å². The highest BCUT2D eigenvalue weighted by atomic mass is 32.2. The van der Waals surface area contributed by atoms with E-state index in [4.69, 9.17) is 9.15 Å². The zero-order valence-electron chi connectivity index (χ0n) is 19.6. The monoisotopic (exact) mass is 496 g/mol. The summed E-state index contributed by atoms with van der Waals surface area (Å²) >= 11 is 1.59. The van der Waals surface area contributed by atoms with E-state index in [1.54, 1.807) is 49.0 Å². The second kappa shape index (κ2) is 10.7. The molecule has 7 heteroatoms. The fraction of sp³-hybridized carbons (Fsp3) is 0.138. The van der Waals surface area contributed by atoms with Gasteiger partial charge in [0.15, 0.2) is 0 Å². The van der Waals surface area contributed by atoms with Gasteiger partial charge >= 0.3 is 5.97 Å². The summed E-state index contributed by atoms with van der Waals surface area (Å²) in [5.74, 6) is 0.880. The van der Waals surface area contributed by atoms with Crippen LogP contribution >= 0.6 is 11.8 Å². The molecule has 0 aliphatic heterocycles. The third-order valence-electron chi connectivity index (χ3n) is 5.85. The van der Waals surface area contributed by atoms with E-state index < -0.39 is 0 Å². The van der Waals surface area contributed by atoms with Gasteiger partial charge in [0.2, 0.25) is 5.91 Å². The molecule has 0 unspecified atom stereocenters. The second-order valence-electron chi connectivity index (χ2n) is 8.16. The number of rotatable bonds is 8. The van der Waals surface area contributed by atoms with Crippen LogP contribution in [0.25, 0.3) is 22.5 Å². The van der Waals surface area contributed by atoms with Crippen LogP contribution in [0.5, 0.6) is 0 Å². The number of carbonyl (C=O) groups excluding carboxylic acids is 2. The zero-order chi connectivity index (χ0) is 24.9. The van der Waals surface area contributed by atoms with Crippen molar-refractivity contribution in [3.63, 3.8) is 0 Å². The summed E-state index contributed by atoms with van der Waals surface area (Å²) in [7, 11) is 0. The highest BCUT2D eigenvalue weighted by Crippen LogP contribution is 2.49. The number of amides is 1. The highest BCUT2D eigenvalue weighted by molar-refractivity contribution is 8.00. The summed E-state index contributed by atoms with van der Waals surface area (Å²) in [4.78, 5) is 24.3. The topological polar surface area (TPSA) is 80.9 Å². The minimum atomic E-state index is -0.355. The lowest BCUT2D eigenvalue weighted by Gasteiger charge is -2.12. The number of nitrogens with zero attached hydrogens (tertiary/aromatic N) is 1. The molecular formula is C29H24N2O4S. The third kappa shape index (κ3) is 4.97. The first-order valence-corrected chi connectivity index (χ1v) is 12.7. The van der Waals surface area contributed by atoms with Crippen molar-refractivity contribution in [3.8, 4) is 22.5 Å². The van der Waals surface area contributed by atoms with E-state index in [0.717, 1.165) is 5.56 Å². The van der Waals surface area contributed by atoms with Gasteiger partial charge in [-0.2, -0.15) is 5.10 Å². The molecule has 6 nitrogen and oxygen atoms in total. The van der Waals surface area contributed by atoms with Crippen LogP contribution in [0.1, 0.15) is 39.4 Å². The number of carbonyl (C=O) groups is 2. The number of esters is 1. The number of thioether (sulfide) groups is 1. The van der Waals surface area contributed by atoms with Crippen LogP contribution in [0.2, 0.25) is 0 Å². The molecule has 36 heavy (non-hydrogen) atoms. The number of nitrogens with one attached hydrogen (secondary N) is 1. The second-order valence-corrected chi connectivity index (χ2v) is 9.25. The maximum atomic E-state index is 12.5. The van der Waals surface area contributed by atoms with Crippen molar-refractivity contribution < 1.29 is 18.7 Å². The van der Waals surface area contributed by atoms with Crippen molar-refractivity contribution >= 4 is 29.9 Å². The Labute approximate surface area is 213 Å². The molecule has 0 saturated carbocycles. The summed E-state index contributed by atoms with van der Waals surface area (Å²) in [6, 6.07) is 27.2. The Kier molecular flexibility index (Phi) is 7.00. The van der Waals surface area contributed by atoms with Crippen LogP contribution < -0.4 is 5.43 Å². The molecule has 5 rings (SSSR count). The molecular weight excluding hydrogens is 472 g/mol. The van der Waals surface area contributed by atoms with E-state index in [1.165, 1.54) is 28.5 Å². The molecule has 1 amide bonds. The van der Waals surface area contributed by atoms with Crippen molar-refractivity contribution in [2.24, 2.45) is 5.10 Å². The Hall–Kier alpha value is -4.10. The lowest BCUT2D eigenvalue weighted by atomic mass is 10.1. The zero-order valence-corrected chi connectivity index (χ0v) is 20.5. The maximum absolute atomic E-state index is 12.5. The minimum absolute atomic E-state index is 0.120. The molecule has 1 aliphatic rings. The van der Waals surface area contributed by atoms with Crippen LogP contribution in [-0.2, 0) is 9.53 Å². The normalized spacial score (nSPS) is 12.4. The van der Waals surface area contributed by atoms with Gasteiger partial charge in [-0.1, -0.05) is 60.7 Å². The largest absolute Gasteiger partial charge is 0.462 e. The van der Waals surface area contributed by atoms with Gasteiger partial charge in [-0.3, -0.25) is 4.79 Å². The van der Waals surface area contributed by atoms with Crippen LogP contribution in [0.3, 0.4) is 0 Å². The average molecular weight is 497 g/mol. The van der Waals surface area contributed by atoms with Crippen molar-refractivity contribution in [3.05, 3.63) is 107 Å². The summed E-state index contributed by atoms with van der Waals surface area (Å²) in [6.45, 7) is 2.10. The first-order valence-electron chi connectivity index (χ1n) is 11.6. The quantitative estimate of drug-likeness (QED) is 0.182. The SMILES string of the molecule is CCOC(=O)c1ccc(-c2ccc(/C=N\NC(=O)CSC3c4ccccc4-c4ccccc43)o2)cc1. The Bertz CT molecular complexity index is 1380. The molecule has 0 saturated heterocycles. The first kappa shape index (κ1) is 23.6. The maximum Gasteiger partial charge on any atom is 0.338 e. The van der Waals surface area contributed by atoms with Crippen LogP contribution in [0.4, 0.5) is 0 Å². The van der Waals surface area contributed by atoms with Gasteiger partial charge in [0, 0.05) is 5.56 Å². The Morgan fingerprint density at radius 3 is 2.28 bits per heavy atom. The standard InChI is InChI=1S/C29H24N2O4S/c1-2-34-29(33)20-13-11-19(12-14-20)26-16-15-21(35-26)17-30-31-27(32)18-36-28-24-9-5-3-7-22(24)23-8-4-6-10-25(23)28/h3-17,28H,2,18H2,1H3,(H,31,32)/b30-17-. The van der Waals surface area contributed by atoms with Crippen molar-refractivity contribution in [2.75, 3.05) is 12.4 Å².